The van der Waals surface area contributed by atoms with Crippen molar-refractivity contribution in [3.05, 3.63) is 89.7 Å². The summed E-state index contributed by atoms with van der Waals surface area (Å²) in [7, 11) is 1.51. The monoisotopic (exact) mass is 447 g/mol. The maximum Gasteiger partial charge on any atom is 0.259 e. The van der Waals surface area contributed by atoms with Crippen molar-refractivity contribution in [3.63, 3.8) is 0 Å². The first kappa shape index (κ1) is 22.4. The lowest BCUT2D eigenvalue weighted by atomic mass is 9.99. The van der Waals surface area contributed by atoms with Gasteiger partial charge in [-0.3, -0.25) is 14.6 Å². The molecular weight excluding hydrogens is 422 g/mol. The molecule has 2 atom stereocenters. The number of ether oxygens (including phenoxy) is 2. The number of methoxy groups -OCH3 is 1. The second-order valence-corrected chi connectivity index (χ2v) is 7.68. The molecule has 170 valence electrons. The van der Waals surface area contributed by atoms with Crippen LogP contribution in [-0.4, -0.2) is 53.2 Å². The highest BCUT2D eigenvalue weighted by Crippen LogP contribution is 2.27. The Morgan fingerprint density at radius 1 is 1.18 bits per heavy atom. The topological polar surface area (TPSA) is 101 Å². The van der Waals surface area contributed by atoms with Gasteiger partial charge in [0.2, 0.25) is 5.91 Å². The van der Waals surface area contributed by atoms with Gasteiger partial charge in [0.05, 0.1) is 25.3 Å². The molecule has 0 radical (unpaired) electrons. The molecule has 2 aromatic carbocycles. The van der Waals surface area contributed by atoms with Crippen molar-refractivity contribution in [2.24, 2.45) is 0 Å². The van der Waals surface area contributed by atoms with Crippen molar-refractivity contribution in [2.75, 3.05) is 25.6 Å². The van der Waals surface area contributed by atoms with Gasteiger partial charge in [-0.1, -0.05) is 24.3 Å². The second kappa shape index (κ2) is 10.2. The van der Waals surface area contributed by atoms with E-state index in [1.165, 1.54) is 7.11 Å². The number of rotatable bonds is 7. The van der Waals surface area contributed by atoms with Gasteiger partial charge in [0.25, 0.3) is 5.91 Å². The zero-order valence-corrected chi connectivity index (χ0v) is 18.2. The molecule has 3 aromatic rings. The molecule has 8 heteroatoms. The van der Waals surface area contributed by atoms with Crippen LogP contribution in [0.15, 0.2) is 73.1 Å². The summed E-state index contributed by atoms with van der Waals surface area (Å²) in [6.07, 6.45) is 2.39. The first-order valence-electron chi connectivity index (χ1n) is 10.6. The van der Waals surface area contributed by atoms with Crippen LogP contribution in [-0.2, 0) is 16.1 Å². The Bertz CT molecular complexity index is 1100. The van der Waals surface area contributed by atoms with E-state index in [0.29, 0.717) is 29.1 Å². The van der Waals surface area contributed by atoms with Crippen LogP contribution in [0.2, 0.25) is 0 Å². The van der Waals surface area contributed by atoms with Crippen molar-refractivity contribution >= 4 is 17.5 Å². The van der Waals surface area contributed by atoms with Gasteiger partial charge in [0.15, 0.2) is 0 Å². The van der Waals surface area contributed by atoms with Gasteiger partial charge in [-0.2, -0.15) is 0 Å². The minimum absolute atomic E-state index is 0.0117. The molecule has 0 aliphatic carbocycles. The largest absolute Gasteiger partial charge is 0.496 e. The van der Waals surface area contributed by atoms with Gasteiger partial charge in [0, 0.05) is 24.6 Å². The van der Waals surface area contributed by atoms with Crippen molar-refractivity contribution in [1.29, 1.82) is 0 Å². The van der Waals surface area contributed by atoms with E-state index in [0.717, 1.165) is 5.56 Å². The van der Waals surface area contributed by atoms with Crippen LogP contribution in [0.5, 0.6) is 5.75 Å². The standard InChI is InChI=1S/C25H25N3O5/c1-32-22-5-3-2-4-20(22)25(31)27-19-8-6-18(7-9-19)24(30)21-15-33-16-23(29)28(21)14-17-10-12-26-13-11-17/h2-13,21,24,30H,14-16H2,1H3,(H,27,31). The van der Waals surface area contributed by atoms with Crippen molar-refractivity contribution in [1.82, 2.24) is 9.88 Å². The molecule has 1 aliphatic rings. The first-order valence-corrected chi connectivity index (χ1v) is 10.6. The van der Waals surface area contributed by atoms with Crippen LogP contribution in [0, 0.1) is 0 Å². The smallest absolute Gasteiger partial charge is 0.259 e. The molecule has 1 saturated heterocycles. The SMILES string of the molecule is COc1ccccc1C(=O)Nc1ccc(C(O)C2COCC(=O)N2Cc2ccncc2)cc1. The van der Waals surface area contributed by atoms with Crippen LogP contribution < -0.4 is 10.1 Å². The summed E-state index contributed by atoms with van der Waals surface area (Å²) in [5.41, 5.74) is 2.54. The highest BCUT2D eigenvalue weighted by atomic mass is 16.5. The third-order valence-electron chi connectivity index (χ3n) is 5.56. The molecule has 1 fully saturated rings. The Labute approximate surface area is 191 Å². The van der Waals surface area contributed by atoms with E-state index in [1.54, 1.807) is 65.8 Å². The maximum absolute atomic E-state index is 12.6. The Morgan fingerprint density at radius 2 is 1.91 bits per heavy atom. The fourth-order valence-electron chi connectivity index (χ4n) is 3.79. The normalized spacial score (nSPS) is 16.8. The van der Waals surface area contributed by atoms with Crippen LogP contribution in [0.3, 0.4) is 0 Å². The van der Waals surface area contributed by atoms with E-state index >= 15 is 0 Å². The Morgan fingerprint density at radius 3 is 2.64 bits per heavy atom. The van der Waals surface area contributed by atoms with E-state index in [9.17, 15) is 14.7 Å². The number of aliphatic hydroxyl groups excluding tert-OH is 1. The van der Waals surface area contributed by atoms with Gasteiger partial charge < -0.3 is 24.8 Å². The second-order valence-electron chi connectivity index (χ2n) is 7.68. The molecule has 0 saturated carbocycles. The van der Waals surface area contributed by atoms with Crippen LogP contribution in [0.4, 0.5) is 5.69 Å². The maximum atomic E-state index is 12.6. The van der Waals surface area contributed by atoms with Crippen molar-refractivity contribution < 1.29 is 24.2 Å². The van der Waals surface area contributed by atoms with Gasteiger partial charge in [-0.25, -0.2) is 0 Å². The minimum Gasteiger partial charge on any atom is -0.496 e. The average Bonchev–Trinajstić information content (AvgIpc) is 2.86. The first-order chi connectivity index (χ1) is 16.1. The van der Waals surface area contributed by atoms with Crippen LogP contribution >= 0.6 is 0 Å². The molecule has 2 N–H and O–H groups in total. The Hall–Kier alpha value is -3.75. The van der Waals surface area contributed by atoms with E-state index < -0.39 is 12.1 Å². The number of benzene rings is 2. The van der Waals surface area contributed by atoms with Crippen LogP contribution in [0.25, 0.3) is 0 Å². The van der Waals surface area contributed by atoms with Gasteiger partial charge in [0.1, 0.15) is 18.5 Å². The summed E-state index contributed by atoms with van der Waals surface area (Å²) < 4.78 is 10.7. The molecule has 0 bridgehead atoms. The zero-order chi connectivity index (χ0) is 23.2. The molecule has 2 amide bonds. The fourth-order valence-corrected chi connectivity index (χ4v) is 3.79. The number of carbonyl (C=O) groups excluding carboxylic acids is 2. The summed E-state index contributed by atoms with van der Waals surface area (Å²) in [6, 6.07) is 17.0. The number of para-hydroxylation sites is 1. The molecule has 0 spiro atoms. The van der Waals surface area contributed by atoms with Gasteiger partial charge in [-0.05, 0) is 47.5 Å². The minimum atomic E-state index is -0.949. The van der Waals surface area contributed by atoms with Gasteiger partial charge >= 0.3 is 0 Å². The molecule has 8 nitrogen and oxygen atoms in total. The fraction of sp³-hybridized carbons (Fsp3) is 0.240. The summed E-state index contributed by atoms with van der Waals surface area (Å²) in [6.45, 7) is 0.575. The Balaban J connectivity index is 1.47. The zero-order valence-electron chi connectivity index (χ0n) is 18.2. The molecular formula is C25H25N3O5. The third kappa shape index (κ3) is 5.19. The lowest BCUT2D eigenvalue weighted by Crippen LogP contribution is -2.51. The number of nitrogens with zero attached hydrogens (tertiary/aromatic N) is 2. The third-order valence-corrected chi connectivity index (χ3v) is 5.56. The highest BCUT2D eigenvalue weighted by Gasteiger charge is 2.34. The lowest BCUT2D eigenvalue weighted by molar-refractivity contribution is -0.155. The summed E-state index contributed by atoms with van der Waals surface area (Å²) >= 11 is 0. The molecule has 33 heavy (non-hydrogen) atoms. The lowest BCUT2D eigenvalue weighted by Gasteiger charge is -2.38. The number of carbonyl (C=O) groups is 2. The number of morpholine rings is 1. The molecule has 2 heterocycles. The number of pyridine rings is 1. The molecule has 1 aromatic heterocycles. The number of aromatic nitrogens is 1. The summed E-state index contributed by atoms with van der Waals surface area (Å²) in [5.74, 6) is 0.0108. The van der Waals surface area contributed by atoms with E-state index in [4.69, 9.17) is 9.47 Å². The number of aliphatic hydroxyl groups is 1. The quantitative estimate of drug-likeness (QED) is 0.578. The van der Waals surface area contributed by atoms with Crippen molar-refractivity contribution in [2.45, 2.75) is 18.7 Å². The number of anilines is 1. The molecule has 4 rings (SSSR count). The van der Waals surface area contributed by atoms with E-state index in [-0.39, 0.29) is 25.0 Å². The predicted molar refractivity (Wildman–Crippen MR) is 122 cm³/mol. The van der Waals surface area contributed by atoms with Crippen LogP contribution in [0.1, 0.15) is 27.6 Å². The van der Waals surface area contributed by atoms with E-state index in [1.807, 2.05) is 12.1 Å². The number of amides is 2. The number of hydrogen-bond acceptors (Lipinski definition) is 6. The number of nitrogens with one attached hydrogen (secondary N) is 1. The summed E-state index contributed by atoms with van der Waals surface area (Å²) in [5, 5.41) is 13.9. The van der Waals surface area contributed by atoms with E-state index in [2.05, 4.69) is 10.3 Å². The van der Waals surface area contributed by atoms with Gasteiger partial charge in [-0.15, -0.1) is 0 Å². The number of hydrogen-bond donors (Lipinski definition) is 2. The highest BCUT2D eigenvalue weighted by molar-refractivity contribution is 6.06. The Kier molecular flexibility index (Phi) is 6.97. The molecule has 1 aliphatic heterocycles. The summed E-state index contributed by atoms with van der Waals surface area (Å²) in [4.78, 5) is 30.8. The van der Waals surface area contributed by atoms with Crippen molar-refractivity contribution in [3.8, 4) is 5.75 Å². The molecule has 2 unspecified atom stereocenters. The predicted octanol–water partition coefficient (Wildman–Crippen LogP) is 2.80. The average molecular weight is 447 g/mol.